The molecule has 0 radical (unpaired) electrons. The van der Waals surface area contributed by atoms with Gasteiger partial charge in [0.15, 0.2) is 0 Å². The summed E-state index contributed by atoms with van der Waals surface area (Å²) in [7, 11) is 0. The normalized spacial score (nSPS) is 19.7. The minimum atomic E-state index is -0.163. The monoisotopic (exact) mass is 354 g/mol. The minimum Gasteiger partial charge on any atom is -0.352 e. The number of fused-ring (bicyclic) bond motifs is 1. The van der Waals surface area contributed by atoms with Crippen LogP contribution in [0.2, 0.25) is 0 Å². The number of amides is 2. The maximum absolute atomic E-state index is 12.3. The summed E-state index contributed by atoms with van der Waals surface area (Å²) in [5.41, 5.74) is 6.88. The van der Waals surface area contributed by atoms with Gasteiger partial charge in [-0.05, 0) is 35.2 Å². The van der Waals surface area contributed by atoms with Gasteiger partial charge in [-0.3, -0.25) is 15.0 Å². The molecule has 1 aliphatic rings. The number of carbonyl (C=O) groups excluding carboxylic acids is 2. The molecule has 26 heavy (non-hydrogen) atoms. The summed E-state index contributed by atoms with van der Waals surface area (Å²) in [6.45, 7) is 4.60. The van der Waals surface area contributed by atoms with E-state index in [1.54, 1.807) is 6.07 Å². The van der Waals surface area contributed by atoms with Crippen LogP contribution in [-0.2, 0) is 4.79 Å². The Bertz CT molecular complexity index is 790. The second-order valence-corrected chi connectivity index (χ2v) is 7.06. The zero-order chi connectivity index (χ0) is 18.5. The summed E-state index contributed by atoms with van der Waals surface area (Å²) in [5.74, 6) is 0.266. The van der Waals surface area contributed by atoms with Crippen LogP contribution in [0.5, 0.6) is 0 Å². The molecule has 0 aromatic heterocycles. The molecule has 2 atom stereocenters. The highest BCUT2D eigenvalue weighted by Crippen LogP contribution is 2.15. The lowest BCUT2D eigenvalue weighted by Crippen LogP contribution is -2.45. The van der Waals surface area contributed by atoms with Gasteiger partial charge < -0.3 is 10.6 Å². The molecule has 2 aromatic rings. The molecule has 1 fully saturated rings. The maximum atomic E-state index is 12.3. The fourth-order valence-electron chi connectivity index (χ4n) is 3.10. The van der Waals surface area contributed by atoms with Crippen molar-refractivity contribution in [3.63, 3.8) is 0 Å². The second-order valence-electron chi connectivity index (χ2n) is 7.06. The van der Waals surface area contributed by atoms with Crippen molar-refractivity contribution < 1.29 is 9.59 Å². The van der Waals surface area contributed by atoms with Crippen LogP contribution in [-0.4, -0.2) is 30.6 Å². The van der Waals surface area contributed by atoms with Crippen molar-refractivity contribution in [3.05, 3.63) is 48.0 Å². The average Bonchev–Trinajstić information content (AvgIpc) is 3.10. The molecule has 0 bridgehead atoms. The number of nitrogens with one attached hydrogen (secondary N) is 4. The van der Waals surface area contributed by atoms with Gasteiger partial charge in [-0.15, -0.1) is 0 Å². The Labute approximate surface area is 153 Å². The first kappa shape index (κ1) is 18.4. The smallest absolute Gasteiger partial charge is 0.251 e. The van der Waals surface area contributed by atoms with Gasteiger partial charge in [0.25, 0.3) is 5.91 Å². The van der Waals surface area contributed by atoms with Crippen molar-refractivity contribution in [1.29, 1.82) is 0 Å². The lowest BCUT2D eigenvalue weighted by atomic mass is 10.0. The van der Waals surface area contributed by atoms with Crippen LogP contribution < -0.4 is 21.5 Å². The summed E-state index contributed by atoms with van der Waals surface area (Å²) in [4.78, 5) is 24.3. The Hall–Kier alpha value is -2.44. The van der Waals surface area contributed by atoms with Crippen molar-refractivity contribution in [1.82, 2.24) is 21.5 Å². The number of carbonyl (C=O) groups is 2. The highest BCUT2D eigenvalue weighted by Gasteiger charge is 2.26. The molecule has 2 aromatic carbocycles. The van der Waals surface area contributed by atoms with Crippen LogP contribution in [0.15, 0.2) is 42.5 Å². The molecule has 2 amide bonds. The van der Waals surface area contributed by atoms with E-state index < -0.39 is 0 Å². The van der Waals surface area contributed by atoms with Crippen LogP contribution in [0, 0.1) is 5.92 Å². The van der Waals surface area contributed by atoms with Gasteiger partial charge >= 0.3 is 0 Å². The summed E-state index contributed by atoms with van der Waals surface area (Å²) < 4.78 is 0. The molecule has 0 aliphatic carbocycles. The number of rotatable bonds is 6. The largest absolute Gasteiger partial charge is 0.352 e. The zero-order valence-electron chi connectivity index (χ0n) is 15.2. The molecule has 1 heterocycles. The predicted molar refractivity (Wildman–Crippen MR) is 102 cm³/mol. The van der Waals surface area contributed by atoms with Crippen LogP contribution in [0.3, 0.4) is 0 Å². The lowest BCUT2D eigenvalue weighted by molar-refractivity contribution is -0.121. The van der Waals surface area contributed by atoms with Gasteiger partial charge in [-0.25, -0.2) is 5.43 Å². The van der Waals surface area contributed by atoms with E-state index in [9.17, 15) is 9.59 Å². The molecule has 1 aliphatic heterocycles. The molecule has 6 nitrogen and oxygen atoms in total. The lowest BCUT2D eigenvalue weighted by Gasteiger charge is -2.13. The molecule has 0 saturated carbocycles. The summed E-state index contributed by atoms with van der Waals surface area (Å²) >= 11 is 0. The topological polar surface area (TPSA) is 82.3 Å². The van der Waals surface area contributed by atoms with Gasteiger partial charge in [-0.1, -0.05) is 44.2 Å². The van der Waals surface area contributed by atoms with Crippen LogP contribution in [0.25, 0.3) is 10.8 Å². The molecule has 4 N–H and O–H groups in total. The highest BCUT2D eigenvalue weighted by atomic mass is 16.2. The van der Waals surface area contributed by atoms with E-state index in [1.807, 2.05) is 36.4 Å². The van der Waals surface area contributed by atoms with E-state index in [4.69, 9.17) is 0 Å². The Kier molecular flexibility index (Phi) is 5.85. The summed E-state index contributed by atoms with van der Waals surface area (Å²) in [6, 6.07) is 13.9. The maximum Gasteiger partial charge on any atom is 0.251 e. The molecule has 0 spiro atoms. The van der Waals surface area contributed by atoms with E-state index in [0.717, 1.165) is 17.2 Å². The van der Waals surface area contributed by atoms with Crippen molar-refractivity contribution in [2.45, 2.75) is 38.9 Å². The van der Waals surface area contributed by atoms with Crippen LogP contribution >= 0.6 is 0 Å². The zero-order valence-corrected chi connectivity index (χ0v) is 15.2. The van der Waals surface area contributed by atoms with Crippen LogP contribution in [0.4, 0.5) is 0 Å². The van der Waals surface area contributed by atoms with Gasteiger partial charge in [0.05, 0.1) is 6.17 Å². The SMILES string of the molecule is CC(C)C1CC(NC(=O)CCNC(=O)c2ccc3ccccc3c2)NN1. The third-order valence-electron chi connectivity index (χ3n) is 4.72. The fraction of sp³-hybridized carbons (Fsp3) is 0.400. The summed E-state index contributed by atoms with van der Waals surface area (Å²) in [6.07, 6.45) is 1.04. The standard InChI is InChI=1S/C20H26N4O2/c1-13(2)17-12-18(24-23-17)22-19(25)9-10-21-20(26)16-8-7-14-5-3-4-6-15(14)11-16/h3-8,11,13,17-18,23-24H,9-10,12H2,1-2H3,(H,21,26)(H,22,25). The number of hydrazine groups is 1. The fourth-order valence-corrected chi connectivity index (χ4v) is 3.10. The van der Waals surface area contributed by atoms with E-state index in [0.29, 0.717) is 24.1 Å². The third kappa shape index (κ3) is 4.59. The molecule has 1 saturated heterocycles. The quantitative estimate of drug-likeness (QED) is 0.639. The molecule has 3 rings (SSSR count). The highest BCUT2D eigenvalue weighted by molar-refractivity contribution is 5.98. The van der Waals surface area contributed by atoms with Gasteiger partial charge in [0.2, 0.25) is 5.91 Å². The van der Waals surface area contributed by atoms with E-state index in [-0.39, 0.29) is 24.4 Å². The Morgan fingerprint density at radius 1 is 1.12 bits per heavy atom. The second kappa shape index (κ2) is 8.29. The first-order valence-electron chi connectivity index (χ1n) is 9.10. The Balaban J connectivity index is 1.43. The average molecular weight is 354 g/mol. The van der Waals surface area contributed by atoms with Crippen LogP contribution in [0.1, 0.15) is 37.0 Å². The first-order valence-corrected chi connectivity index (χ1v) is 9.10. The molecular formula is C20H26N4O2. The Morgan fingerprint density at radius 3 is 2.62 bits per heavy atom. The number of hydrogen-bond acceptors (Lipinski definition) is 4. The van der Waals surface area contributed by atoms with E-state index in [1.165, 1.54) is 0 Å². The first-order chi connectivity index (χ1) is 12.5. The molecule has 2 unspecified atom stereocenters. The van der Waals surface area contributed by atoms with E-state index in [2.05, 4.69) is 35.3 Å². The molecular weight excluding hydrogens is 328 g/mol. The van der Waals surface area contributed by atoms with Gasteiger partial charge in [0.1, 0.15) is 0 Å². The Morgan fingerprint density at radius 2 is 1.88 bits per heavy atom. The molecule has 138 valence electrons. The number of benzene rings is 2. The van der Waals surface area contributed by atoms with E-state index >= 15 is 0 Å². The van der Waals surface area contributed by atoms with Crippen molar-refractivity contribution in [2.24, 2.45) is 5.92 Å². The summed E-state index contributed by atoms with van der Waals surface area (Å²) in [5, 5.41) is 7.87. The minimum absolute atomic E-state index is 0.0638. The van der Waals surface area contributed by atoms with Gasteiger partial charge in [-0.2, -0.15) is 0 Å². The number of hydrogen-bond donors (Lipinski definition) is 4. The molecule has 6 heteroatoms. The predicted octanol–water partition coefficient (Wildman–Crippen LogP) is 1.92. The van der Waals surface area contributed by atoms with Gasteiger partial charge in [0, 0.05) is 24.6 Å². The van der Waals surface area contributed by atoms with Crippen molar-refractivity contribution in [3.8, 4) is 0 Å². The van der Waals surface area contributed by atoms with Crippen molar-refractivity contribution in [2.75, 3.05) is 6.54 Å². The third-order valence-corrected chi connectivity index (χ3v) is 4.72. The van der Waals surface area contributed by atoms with Crippen molar-refractivity contribution >= 4 is 22.6 Å².